The Labute approximate surface area is 129 Å². The number of rotatable bonds is 2. The molecule has 1 saturated heterocycles. The molecule has 0 radical (unpaired) electrons. The van der Waals surface area contributed by atoms with E-state index in [2.05, 4.69) is 0 Å². The minimum atomic E-state index is -0.665. The van der Waals surface area contributed by atoms with Crippen molar-refractivity contribution in [3.8, 4) is 0 Å². The molecule has 3 rings (SSSR count). The Balaban J connectivity index is 1.89. The van der Waals surface area contributed by atoms with Crippen LogP contribution in [0.2, 0.25) is 0 Å². The normalized spacial score (nSPS) is 24.2. The summed E-state index contributed by atoms with van der Waals surface area (Å²) in [7, 11) is 0. The van der Waals surface area contributed by atoms with Crippen molar-refractivity contribution in [2.45, 2.75) is 32.6 Å². The van der Waals surface area contributed by atoms with E-state index in [0.29, 0.717) is 43.5 Å². The second kappa shape index (κ2) is 5.23. The van der Waals surface area contributed by atoms with Crippen LogP contribution < -0.4 is 5.73 Å². The van der Waals surface area contributed by atoms with Gasteiger partial charge in [0, 0.05) is 30.6 Å². The largest absolute Gasteiger partial charge is 0.369 e. The summed E-state index contributed by atoms with van der Waals surface area (Å²) in [6, 6.07) is 5.31. The van der Waals surface area contributed by atoms with Gasteiger partial charge < -0.3 is 10.6 Å². The Morgan fingerprint density at radius 2 is 2.05 bits per heavy atom. The van der Waals surface area contributed by atoms with Gasteiger partial charge in [0.15, 0.2) is 5.78 Å². The van der Waals surface area contributed by atoms with E-state index in [1.165, 1.54) is 0 Å². The summed E-state index contributed by atoms with van der Waals surface area (Å²) < 4.78 is 0. The van der Waals surface area contributed by atoms with Gasteiger partial charge in [0.2, 0.25) is 5.91 Å². The Kier molecular flexibility index (Phi) is 3.51. The maximum absolute atomic E-state index is 12.8. The molecule has 116 valence electrons. The molecule has 1 aliphatic heterocycles. The molecule has 1 aliphatic carbocycles. The Morgan fingerprint density at radius 1 is 1.27 bits per heavy atom. The fourth-order valence-corrected chi connectivity index (χ4v) is 3.48. The third-order valence-corrected chi connectivity index (χ3v) is 4.89. The zero-order valence-corrected chi connectivity index (χ0v) is 12.7. The van der Waals surface area contributed by atoms with E-state index in [-0.39, 0.29) is 17.6 Å². The van der Waals surface area contributed by atoms with Gasteiger partial charge in [-0.15, -0.1) is 0 Å². The summed E-state index contributed by atoms with van der Waals surface area (Å²) in [6.07, 6.45) is 2.56. The summed E-state index contributed by atoms with van der Waals surface area (Å²) in [6.45, 7) is 2.78. The van der Waals surface area contributed by atoms with Gasteiger partial charge in [0.1, 0.15) is 0 Å². The van der Waals surface area contributed by atoms with Gasteiger partial charge in [0.05, 0.1) is 5.41 Å². The fraction of sp³-hybridized carbons (Fsp3) is 0.471. The third-order valence-electron chi connectivity index (χ3n) is 4.89. The molecule has 2 amide bonds. The smallest absolute Gasteiger partial charge is 0.254 e. The molecule has 0 saturated carbocycles. The van der Waals surface area contributed by atoms with Crippen LogP contribution in [0, 0.1) is 5.41 Å². The average molecular weight is 300 g/mol. The molecule has 2 aliphatic rings. The topological polar surface area (TPSA) is 80.5 Å². The van der Waals surface area contributed by atoms with E-state index in [4.69, 9.17) is 5.73 Å². The zero-order valence-electron chi connectivity index (χ0n) is 12.7. The number of hydrogen-bond donors (Lipinski definition) is 1. The predicted octanol–water partition coefficient (Wildman–Crippen LogP) is 1.54. The van der Waals surface area contributed by atoms with Crippen LogP contribution >= 0.6 is 0 Å². The molecular formula is C17H20N2O3. The van der Waals surface area contributed by atoms with Gasteiger partial charge in [-0.3, -0.25) is 14.4 Å². The first-order valence-electron chi connectivity index (χ1n) is 7.67. The molecule has 1 fully saturated rings. The summed E-state index contributed by atoms with van der Waals surface area (Å²) in [4.78, 5) is 38.0. The van der Waals surface area contributed by atoms with Crippen LogP contribution in [0.1, 0.15) is 52.5 Å². The van der Waals surface area contributed by atoms with Crippen LogP contribution in [0.5, 0.6) is 0 Å². The monoisotopic (exact) mass is 300 g/mol. The standard InChI is InChI=1S/C17H20N2O3/c1-17(16(18)22)8-3-9-19(10-17)15(21)13-5-2-4-12-11(13)6-7-14(12)20/h2,4-5H,3,6-10H2,1H3,(H2,18,22)/t17-/m1/s1. The lowest BCUT2D eigenvalue weighted by molar-refractivity contribution is -0.129. The molecule has 1 heterocycles. The van der Waals surface area contributed by atoms with Crippen molar-refractivity contribution in [3.63, 3.8) is 0 Å². The molecule has 1 aromatic carbocycles. The van der Waals surface area contributed by atoms with Gasteiger partial charge in [0.25, 0.3) is 5.91 Å². The van der Waals surface area contributed by atoms with E-state index in [1.807, 2.05) is 6.92 Å². The molecule has 0 aromatic heterocycles. The lowest BCUT2D eigenvalue weighted by Gasteiger charge is -2.38. The highest BCUT2D eigenvalue weighted by atomic mass is 16.2. The van der Waals surface area contributed by atoms with E-state index in [9.17, 15) is 14.4 Å². The van der Waals surface area contributed by atoms with Crippen LogP contribution in [0.15, 0.2) is 18.2 Å². The average Bonchev–Trinajstić information content (AvgIpc) is 2.88. The summed E-state index contributed by atoms with van der Waals surface area (Å²) in [5, 5.41) is 0. The molecule has 0 unspecified atom stereocenters. The first-order chi connectivity index (χ1) is 10.4. The van der Waals surface area contributed by atoms with Crippen molar-refractivity contribution in [1.82, 2.24) is 4.90 Å². The molecule has 1 aromatic rings. The number of carbonyl (C=O) groups is 3. The second-order valence-electron chi connectivity index (χ2n) is 6.51. The molecule has 5 heteroatoms. The van der Waals surface area contributed by atoms with Gasteiger partial charge in [-0.05, 0) is 37.8 Å². The number of primary amides is 1. The lowest BCUT2D eigenvalue weighted by Crippen LogP contribution is -2.50. The number of carbonyl (C=O) groups excluding carboxylic acids is 3. The number of nitrogens with zero attached hydrogens (tertiary/aromatic N) is 1. The quantitative estimate of drug-likeness (QED) is 0.899. The summed E-state index contributed by atoms with van der Waals surface area (Å²) in [5.74, 6) is -0.359. The number of hydrogen-bond acceptors (Lipinski definition) is 3. The Bertz CT molecular complexity index is 668. The minimum Gasteiger partial charge on any atom is -0.369 e. The van der Waals surface area contributed by atoms with Gasteiger partial charge in [-0.2, -0.15) is 0 Å². The van der Waals surface area contributed by atoms with Gasteiger partial charge in [-0.1, -0.05) is 12.1 Å². The van der Waals surface area contributed by atoms with Crippen LogP contribution in [-0.4, -0.2) is 35.6 Å². The van der Waals surface area contributed by atoms with E-state index in [1.54, 1.807) is 23.1 Å². The lowest BCUT2D eigenvalue weighted by atomic mass is 9.81. The van der Waals surface area contributed by atoms with Crippen LogP contribution in [0.3, 0.4) is 0 Å². The van der Waals surface area contributed by atoms with Crippen LogP contribution in [-0.2, 0) is 11.2 Å². The third kappa shape index (κ3) is 2.30. The highest BCUT2D eigenvalue weighted by Gasteiger charge is 2.38. The number of benzene rings is 1. The number of amides is 2. The SMILES string of the molecule is C[C@@]1(C(N)=O)CCCN(C(=O)c2cccc3c2CCC3=O)C1. The van der Waals surface area contributed by atoms with Crippen molar-refractivity contribution >= 4 is 17.6 Å². The minimum absolute atomic E-state index is 0.0984. The molecule has 22 heavy (non-hydrogen) atoms. The molecule has 0 spiro atoms. The summed E-state index contributed by atoms with van der Waals surface area (Å²) >= 11 is 0. The maximum atomic E-state index is 12.8. The van der Waals surface area contributed by atoms with E-state index < -0.39 is 5.41 Å². The second-order valence-corrected chi connectivity index (χ2v) is 6.51. The highest BCUT2D eigenvalue weighted by molar-refractivity contribution is 6.05. The fourth-order valence-electron chi connectivity index (χ4n) is 3.48. The Morgan fingerprint density at radius 3 is 2.77 bits per heavy atom. The number of piperidine rings is 1. The van der Waals surface area contributed by atoms with Crippen molar-refractivity contribution < 1.29 is 14.4 Å². The number of ketones is 1. The number of fused-ring (bicyclic) bond motifs is 1. The first-order valence-corrected chi connectivity index (χ1v) is 7.67. The molecule has 0 bridgehead atoms. The van der Waals surface area contributed by atoms with Gasteiger partial charge >= 0.3 is 0 Å². The first kappa shape index (κ1) is 14.8. The zero-order chi connectivity index (χ0) is 15.9. The Hall–Kier alpha value is -2.17. The number of nitrogens with two attached hydrogens (primary N) is 1. The molecule has 5 nitrogen and oxygen atoms in total. The number of Topliss-reactive ketones (excluding diaryl/α,β-unsaturated/α-hetero) is 1. The molecule has 2 N–H and O–H groups in total. The maximum Gasteiger partial charge on any atom is 0.254 e. The van der Waals surface area contributed by atoms with E-state index >= 15 is 0 Å². The van der Waals surface area contributed by atoms with Gasteiger partial charge in [-0.25, -0.2) is 0 Å². The molecule has 1 atom stereocenters. The van der Waals surface area contributed by atoms with Crippen LogP contribution in [0.25, 0.3) is 0 Å². The van der Waals surface area contributed by atoms with Crippen LogP contribution in [0.4, 0.5) is 0 Å². The predicted molar refractivity (Wildman–Crippen MR) is 81.5 cm³/mol. The van der Waals surface area contributed by atoms with Crippen molar-refractivity contribution in [3.05, 3.63) is 34.9 Å². The van der Waals surface area contributed by atoms with Crippen molar-refractivity contribution in [2.24, 2.45) is 11.1 Å². The highest BCUT2D eigenvalue weighted by Crippen LogP contribution is 2.32. The van der Waals surface area contributed by atoms with E-state index in [0.717, 1.165) is 12.0 Å². The number of likely N-dealkylation sites (tertiary alicyclic amines) is 1. The van der Waals surface area contributed by atoms with Crippen molar-refractivity contribution in [1.29, 1.82) is 0 Å². The summed E-state index contributed by atoms with van der Waals surface area (Å²) in [5.41, 5.74) is 6.94. The molecular weight excluding hydrogens is 280 g/mol. The van der Waals surface area contributed by atoms with Crippen molar-refractivity contribution in [2.75, 3.05) is 13.1 Å².